The molecule has 2 heterocycles. The lowest BCUT2D eigenvalue weighted by Crippen LogP contribution is -2.28. The van der Waals surface area contributed by atoms with Gasteiger partial charge in [-0.2, -0.15) is 4.31 Å². The molecule has 1 aliphatic rings. The lowest BCUT2D eigenvalue weighted by molar-refractivity contribution is 0.377. The molecule has 0 saturated carbocycles. The van der Waals surface area contributed by atoms with Crippen LogP contribution in [0.1, 0.15) is 29.9 Å². The van der Waals surface area contributed by atoms with E-state index in [9.17, 15) is 8.42 Å². The van der Waals surface area contributed by atoms with Crippen LogP contribution in [0.3, 0.4) is 0 Å². The van der Waals surface area contributed by atoms with Crippen LogP contribution in [0.2, 0.25) is 0 Å². The maximum Gasteiger partial charge on any atom is 0.244 e. The quantitative estimate of drug-likeness (QED) is 0.459. The number of thiophene rings is 1. The fourth-order valence-corrected chi connectivity index (χ4v) is 6.87. The van der Waals surface area contributed by atoms with Crippen LogP contribution in [0.4, 0.5) is 0 Å². The predicted molar refractivity (Wildman–Crippen MR) is 124 cm³/mol. The van der Waals surface area contributed by atoms with E-state index < -0.39 is 10.0 Å². The highest BCUT2D eigenvalue weighted by Crippen LogP contribution is 2.41. The average Bonchev–Trinajstić information content (AvgIpc) is 3.25. The standard InChI is InChI=1S/C24H25NO3S2/c1-17(2)15-25-16-23-24(30(25,26)27)14-22(29-23)20-10-6-18(7-11-20)4-5-19-8-12-21(28-3)13-9-19/h4-14,17H,15-16H2,1-3H3/b5-4+. The summed E-state index contributed by atoms with van der Waals surface area (Å²) in [6.45, 7) is 5.13. The maximum absolute atomic E-state index is 12.8. The Morgan fingerprint density at radius 1 is 1.03 bits per heavy atom. The Hall–Kier alpha value is -2.41. The number of methoxy groups -OCH3 is 1. The SMILES string of the molecule is COc1ccc(/C=C/c2ccc(-c3cc4c(s3)CN(CC(C)C)S4(=O)=O)cc2)cc1. The van der Waals surface area contributed by atoms with E-state index in [2.05, 4.69) is 24.3 Å². The Morgan fingerprint density at radius 3 is 2.17 bits per heavy atom. The summed E-state index contributed by atoms with van der Waals surface area (Å²) in [6, 6.07) is 17.9. The van der Waals surface area contributed by atoms with Crippen molar-refractivity contribution in [1.29, 1.82) is 0 Å². The molecule has 6 heteroatoms. The van der Waals surface area contributed by atoms with Crippen LogP contribution in [0.25, 0.3) is 22.6 Å². The van der Waals surface area contributed by atoms with E-state index >= 15 is 0 Å². The molecule has 30 heavy (non-hydrogen) atoms. The smallest absolute Gasteiger partial charge is 0.244 e. The van der Waals surface area contributed by atoms with Crippen molar-refractivity contribution in [1.82, 2.24) is 4.31 Å². The Kier molecular flexibility index (Phi) is 5.82. The second-order valence-electron chi connectivity index (χ2n) is 7.82. The first-order chi connectivity index (χ1) is 14.4. The molecular weight excluding hydrogens is 414 g/mol. The van der Waals surface area contributed by atoms with Gasteiger partial charge in [-0.25, -0.2) is 8.42 Å². The van der Waals surface area contributed by atoms with Gasteiger partial charge >= 0.3 is 0 Å². The van der Waals surface area contributed by atoms with Gasteiger partial charge in [0.25, 0.3) is 0 Å². The Labute approximate surface area is 182 Å². The Morgan fingerprint density at radius 2 is 1.63 bits per heavy atom. The summed E-state index contributed by atoms with van der Waals surface area (Å²) in [6.07, 6.45) is 4.12. The molecule has 4 nitrogen and oxygen atoms in total. The molecule has 0 fully saturated rings. The van der Waals surface area contributed by atoms with Gasteiger partial charge in [-0.05, 0) is 40.8 Å². The fourth-order valence-electron chi connectivity index (χ4n) is 3.50. The average molecular weight is 440 g/mol. The van der Waals surface area contributed by atoms with Gasteiger partial charge in [-0.15, -0.1) is 11.3 Å². The zero-order chi connectivity index (χ0) is 21.3. The molecule has 0 aliphatic carbocycles. The molecule has 0 saturated heterocycles. The largest absolute Gasteiger partial charge is 0.497 e. The van der Waals surface area contributed by atoms with Gasteiger partial charge in [0.05, 0.1) is 12.0 Å². The van der Waals surface area contributed by atoms with E-state index in [0.29, 0.717) is 23.9 Å². The number of rotatable bonds is 6. The van der Waals surface area contributed by atoms with Crippen molar-refractivity contribution in [3.05, 3.63) is 70.6 Å². The van der Waals surface area contributed by atoms with Crippen LogP contribution in [0.15, 0.2) is 59.5 Å². The second-order valence-corrected chi connectivity index (χ2v) is 10.9. The first kappa shape index (κ1) is 20.8. The Bertz CT molecular complexity index is 1160. The summed E-state index contributed by atoms with van der Waals surface area (Å²) in [7, 11) is -1.70. The van der Waals surface area contributed by atoms with E-state index in [4.69, 9.17) is 4.74 Å². The number of hydrogen-bond acceptors (Lipinski definition) is 4. The highest BCUT2D eigenvalue weighted by Gasteiger charge is 2.36. The van der Waals surface area contributed by atoms with E-state index in [1.165, 1.54) is 0 Å². The first-order valence-electron chi connectivity index (χ1n) is 9.92. The zero-order valence-corrected chi connectivity index (χ0v) is 19.0. The minimum atomic E-state index is -3.36. The molecule has 4 rings (SSSR count). The van der Waals surface area contributed by atoms with E-state index in [1.807, 2.05) is 56.3 Å². The summed E-state index contributed by atoms with van der Waals surface area (Å²) in [5.41, 5.74) is 3.24. The van der Waals surface area contributed by atoms with Gasteiger partial charge in [-0.3, -0.25) is 0 Å². The van der Waals surface area contributed by atoms with Gasteiger partial charge in [0, 0.05) is 22.8 Å². The van der Waals surface area contributed by atoms with E-state index in [0.717, 1.165) is 32.2 Å². The summed E-state index contributed by atoms with van der Waals surface area (Å²) in [5, 5.41) is 0. The molecule has 0 bridgehead atoms. The topological polar surface area (TPSA) is 46.6 Å². The number of hydrogen-bond donors (Lipinski definition) is 0. The van der Waals surface area contributed by atoms with Crippen LogP contribution >= 0.6 is 11.3 Å². The van der Waals surface area contributed by atoms with Crippen LogP contribution in [-0.2, 0) is 16.6 Å². The number of fused-ring (bicyclic) bond motifs is 1. The van der Waals surface area contributed by atoms with Crippen molar-refractivity contribution >= 4 is 33.5 Å². The molecule has 3 aromatic rings. The van der Waals surface area contributed by atoms with Gasteiger partial charge in [-0.1, -0.05) is 62.4 Å². The van der Waals surface area contributed by atoms with Crippen molar-refractivity contribution in [2.75, 3.05) is 13.7 Å². The molecule has 0 spiro atoms. The molecular formula is C24H25NO3S2. The molecule has 1 aliphatic heterocycles. The molecule has 0 atom stereocenters. The third-order valence-corrected chi connectivity index (χ3v) is 8.23. The highest BCUT2D eigenvalue weighted by molar-refractivity contribution is 7.89. The lowest BCUT2D eigenvalue weighted by Gasteiger charge is -2.16. The predicted octanol–water partition coefficient (Wildman–Crippen LogP) is 5.75. The minimum Gasteiger partial charge on any atom is -0.497 e. The summed E-state index contributed by atoms with van der Waals surface area (Å²) < 4.78 is 32.4. The zero-order valence-electron chi connectivity index (χ0n) is 17.3. The van der Waals surface area contributed by atoms with Gasteiger partial charge < -0.3 is 4.74 Å². The molecule has 0 N–H and O–H groups in total. The Balaban J connectivity index is 1.50. The molecule has 2 aromatic carbocycles. The summed E-state index contributed by atoms with van der Waals surface area (Å²) in [5.74, 6) is 1.15. The summed E-state index contributed by atoms with van der Waals surface area (Å²) >= 11 is 1.58. The normalized spacial score (nSPS) is 15.7. The lowest BCUT2D eigenvalue weighted by atomic mass is 10.1. The van der Waals surface area contributed by atoms with Gasteiger partial charge in [0.15, 0.2) is 0 Å². The van der Waals surface area contributed by atoms with Crippen molar-refractivity contribution in [3.8, 4) is 16.2 Å². The molecule has 156 valence electrons. The monoisotopic (exact) mass is 439 g/mol. The molecule has 0 radical (unpaired) electrons. The molecule has 0 unspecified atom stereocenters. The highest BCUT2D eigenvalue weighted by atomic mass is 32.2. The number of sulfonamides is 1. The minimum absolute atomic E-state index is 0.312. The third-order valence-electron chi connectivity index (χ3n) is 5.06. The number of ether oxygens (including phenoxy) is 1. The fraction of sp³-hybridized carbons (Fsp3) is 0.250. The second kappa shape index (κ2) is 8.38. The van der Waals surface area contributed by atoms with Crippen molar-refractivity contribution < 1.29 is 13.2 Å². The van der Waals surface area contributed by atoms with Crippen molar-refractivity contribution in [2.24, 2.45) is 5.92 Å². The van der Waals surface area contributed by atoms with Crippen molar-refractivity contribution in [3.63, 3.8) is 0 Å². The number of benzene rings is 2. The van der Waals surface area contributed by atoms with Crippen LogP contribution < -0.4 is 4.74 Å². The van der Waals surface area contributed by atoms with Gasteiger partial charge in [0.2, 0.25) is 10.0 Å². The molecule has 0 amide bonds. The van der Waals surface area contributed by atoms with Crippen LogP contribution in [0.5, 0.6) is 5.75 Å². The van der Waals surface area contributed by atoms with Crippen molar-refractivity contribution in [2.45, 2.75) is 25.3 Å². The third kappa shape index (κ3) is 4.21. The number of nitrogens with zero attached hydrogens (tertiary/aromatic N) is 1. The first-order valence-corrected chi connectivity index (χ1v) is 12.2. The van der Waals surface area contributed by atoms with E-state index in [-0.39, 0.29) is 0 Å². The molecule has 1 aromatic heterocycles. The van der Waals surface area contributed by atoms with Crippen LogP contribution in [0, 0.1) is 5.92 Å². The van der Waals surface area contributed by atoms with Crippen LogP contribution in [-0.4, -0.2) is 26.4 Å². The van der Waals surface area contributed by atoms with Gasteiger partial charge in [0.1, 0.15) is 5.75 Å². The summed E-state index contributed by atoms with van der Waals surface area (Å²) in [4.78, 5) is 2.42. The van der Waals surface area contributed by atoms with E-state index in [1.54, 1.807) is 22.8 Å². The maximum atomic E-state index is 12.8.